The predicted octanol–water partition coefficient (Wildman–Crippen LogP) is 3.98. The van der Waals surface area contributed by atoms with Crippen molar-refractivity contribution in [1.82, 2.24) is 0 Å². The molecule has 0 spiro atoms. The van der Waals surface area contributed by atoms with Crippen molar-refractivity contribution in [2.75, 3.05) is 5.73 Å². The maximum Gasteiger partial charge on any atom is 0.198 e. The number of phenolic OH excluding ortho intramolecular Hbond substituents is 1. The smallest absolute Gasteiger partial charge is 0.198 e. The number of benzene rings is 3. The van der Waals surface area contributed by atoms with Crippen molar-refractivity contribution in [2.24, 2.45) is 0 Å². The highest BCUT2D eigenvalue weighted by Gasteiger charge is 2.35. The lowest BCUT2D eigenvalue weighted by molar-refractivity contribution is 0.0977. The summed E-state index contributed by atoms with van der Waals surface area (Å²) in [6.07, 6.45) is 0. The largest absolute Gasteiger partial charge is 0.507 e. The average Bonchev–Trinajstić information content (AvgIpc) is 2.67. The minimum absolute atomic E-state index is 0.0256. The quantitative estimate of drug-likeness (QED) is 0.415. The van der Waals surface area contributed by atoms with Crippen LogP contribution < -0.4 is 10.5 Å². The van der Waals surface area contributed by atoms with Crippen LogP contribution in [0.5, 0.6) is 11.5 Å². The number of halogens is 1. The average molecular weight is 380 g/mol. The van der Waals surface area contributed by atoms with E-state index in [4.69, 9.17) is 22.1 Å². The number of hydrogen-bond donors (Lipinski definition) is 2. The first-order valence-corrected chi connectivity index (χ1v) is 8.56. The number of carbonyl (C=O) groups excluding carboxylic acids is 2. The Labute approximate surface area is 160 Å². The van der Waals surface area contributed by atoms with Crippen LogP contribution in [0, 0.1) is 0 Å². The van der Waals surface area contributed by atoms with Crippen LogP contribution >= 0.6 is 11.6 Å². The first-order valence-electron chi connectivity index (χ1n) is 8.18. The highest BCUT2D eigenvalue weighted by Crippen LogP contribution is 2.41. The molecule has 0 aromatic heterocycles. The first kappa shape index (κ1) is 17.1. The summed E-state index contributed by atoms with van der Waals surface area (Å²) in [4.78, 5) is 25.7. The topological polar surface area (TPSA) is 89.6 Å². The first-order chi connectivity index (χ1) is 13.0. The normalized spacial score (nSPS) is 12.5. The number of ether oxygens (including phenoxy) is 1. The third-order valence-corrected chi connectivity index (χ3v) is 4.71. The summed E-state index contributed by atoms with van der Waals surface area (Å²) in [6, 6.07) is 15.1. The van der Waals surface area contributed by atoms with Crippen LogP contribution in [0.25, 0.3) is 0 Å². The Morgan fingerprint density at radius 1 is 0.926 bits per heavy atom. The lowest BCUT2D eigenvalue weighted by Crippen LogP contribution is -2.23. The molecule has 0 atom stereocenters. The maximum absolute atomic E-state index is 12.9. The SMILES string of the molecule is Nc1c(OCc2ccccc2)cc(O)c2c1C(=O)c1ccc(Cl)cc1C2=O. The number of fused-ring (bicyclic) bond motifs is 2. The molecular formula is C21H14ClNO4. The molecule has 3 aromatic carbocycles. The molecule has 0 heterocycles. The Kier molecular flexibility index (Phi) is 4.09. The van der Waals surface area contributed by atoms with Gasteiger partial charge >= 0.3 is 0 Å². The van der Waals surface area contributed by atoms with E-state index in [9.17, 15) is 14.7 Å². The van der Waals surface area contributed by atoms with Crippen LogP contribution in [0.3, 0.4) is 0 Å². The summed E-state index contributed by atoms with van der Waals surface area (Å²) in [6.45, 7) is 0.206. The molecule has 0 aliphatic heterocycles. The van der Waals surface area contributed by atoms with Crippen LogP contribution in [-0.2, 0) is 6.61 Å². The second-order valence-corrected chi connectivity index (χ2v) is 6.62. The van der Waals surface area contributed by atoms with E-state index in [1.165, 1.54) is 24.3 Å². The van der Waals surface area contributed by atoms with Crippen molar-refractivity contribution in [3.05, 3.63) is 87.4 Å². The summed E-state index contributed by atoms with van der Waals surface area (Å²) < 4.78 is 5.69. The molecule has 134 valence electrons. The van der Waals surface area contributed by atoms with Gasteiger partial charge in [-0.2, -0.15) is 0 Å². The third-order valence-electron chi connectivity index (χ3n) is 4.47. The molecule has 0 bridgehead atoms. The van der Waals surface area contributed by atoms with Gasteiger partial charge in [0.05, 0.1) is 16.8 Å². The van der Waals surface area contributed by atoms with Gasteiger partial charge in [-0.15, -0.1) is 0 Å². The second-order valence-electron chi connectivity index (χ2n) is 6.18. The third kappa shape index (κ3) is 2.82. The Balaban J connectivity index is 1.79. The van der Waals surface area contributed by atoms with Gasteiger partial charge in [0.1, 0.15) is 18.1 Å². The summed E-state index contributed by atoms with van der Waals surface area (Å²) in [5.41, 5.74) is 7.24. The molecule has 0 radical (unpaired) electrons. The van der Waals surface area contributed by atoms with Crippen LogP contribution in [0.1, 0.15) is 37.4 Å². The minimum atomic E-state index is -0.499. The van der Waals surface area contributed by atoms with Crippen molar-refractivity contribution < 1.29 is 19.4 Å². The highest BCUT2D eigenvalue weighted by atomic mass is 35.5. The van der Waals surface area contributed by atoms with Gasteiger partial charge in [0.15, 0.2) is 11.6 Å². The summed E-state index contributed by atoms with van der Waals surface area (Å²) >= 11 is 5.94. The molecule has 6 heteroatoms. The number of nitrogen functional groups attached to an aromatic ring is 1. The summed E-state index contributed by atoms with van der Waals surface area (Å²) in [5.74, 6) is -1.16. The van der Waals surface area contributed by atoms with Crippen molar-refractivity contribution in [3.8, 4) is 11.5 Å². The number of carbonyl (C=O) groups is 2. The molecule has 0 saturated carbocycles. The number of aromatic hydroxyl groups is 1. The lowest BCUT2D eigenvalue weighted by atomic mass is 9.82. The van der Waals surface area contributed by atoms with Gasteiger partial charge in [-0.1, -0.05) is 41.9 Å². The monoisotopic (exact) mass is 379 g/mol. The predicted molar refractivity (Wildman–Crippen MR) is 102 cm³/mol. The Hall–Kier alpha value is -3.31. The zero-order chi connectivity index (χ0) is 19.1. The van der Waals surface area contributed by atoms with Crippen molar-refractivity contribution in [1.29, 1.82) is 0 Å². The van der Waals surface area contributed by atoms with E-state index in [1.807, 2.05) is 30.3 Å². The molecule has 0 unspecified atom stereocenters. The molecule has 4 rings (SSSR count). The van der Waals surface area contributed by atoms with Crippen molar-refractivity contribution in [3.63, 3.8) is 0 Å². The van der Waals surface area contributed by atoms with E-state index in [0.29, 0.717) is 5.02 Å². The molecule has 0 saturated heterocycles. The number of rotatable bonds is 3. The Morgan fingerprint density at radius 2 is 1.63 bits per heavy atom. The maximum atomic E-state index is 12.9. The van der Waals surface area contributed by atoms with Crippen LogP contribution in [0.2, 0.25) is 5.02 Å². The second kappa shape index (κ2) is 6.45. The fraction of sp³-hybridized carbons (Fsp3) is 0.0476. The zero-order valence-electron chi connectivity index (χ0n) is 14.0. The van der Waals surface area contributed by atoms with Gasteiger partial charge in [-0.3, -0.25) is 9.59 Å². The zero-order valence-corrected chi connectivity index (χ0v) is 14.8. The molecule has 1 aliphatic rings. The molecule has 27 heavy (non-hydrogen) atoms. The van der Waals surface area contributed by atoms with Gasteiger partial charge in [0, 0.05) is 22.2 Å². The van der Waals surface area contributed by atoms with Crippen LogP contribution in [0.4, 0.5) is 5.69 Å². The van der Waals surface area contributed by atoms with E-state index in [0.717, 1.165) is 5.56 Å². The Morgan fingerprint density at radius 3 is 2.37 bits per heavy atom. The van der Waals surface area contributed by atoms with Crippen molar-refractivity contribution in [2.45, 2.75) is 6.61 Å². The number of ketones is 2. The molecule has 5 nitrogen and oxygen atoms in total. The van der Waals surface area contributed by atoms with Crippen LogP contribution in [0.15, 0.2) is 54.6 Å². The van der Waals surface area contributed by atoms with Gasteiger partial charge in [0.25, 0.3) is 0 Å². The molecule has 1 aliphatic carbocycles. The standard InChI is InChI=1S/C21H14ClNO4/c22-12-6-7-13-14(8-12)21(26)17-15(24)9-16(19(23)18(17)20(13)25)27-10-11-4-2-1-3-5-11/h1-9,24H,10,23H2. The number of hydrogen-bond acceptors (Lipinski definition) is 5. The summed E-state index contributed by atoms with van der Waals surface area (Å²) in [7, 11) is 0. The van der Waals surface area contributed by atoms with E-state index in [-0.39, 0.29) is 46.0 Å². The van der Waals surface area contributed by atoms with Gasteiger partial charge in [-0.25, -0.2) is 0 Å². The number of phenols is 1. The summed E-state index contributed by atoms with van der Waals surface area (Å²) in [5, 5.41) is 10.7. The van der Waals surface area contributed by atoms with E-state index >= 15 is 0 Å². The molecule has 3 N–H and O–H groups in total. The number of nitrogens with two attached hydrogens (primary N) is 1. The van der Waals surface area contributed by atoms with E-state index in [1.54, 1.807) is 0 Å². The van der Waals surface area contributed by atoms with Gasteiger partial charge in [0.2, 0.25) is 0 Å². The molecular weight excluding hydrogens is 366 g/mol. The molecule has 3 aromatic rings. The number of anilines is 1. The minimum Gasteiger partial charge on any atom is -0.507 e. The Bertz CT molecular complexity index is 1090. The van der Waals surface area contributed by atoms with Gasteiger partial charge < -0.3 is 15.6 Å². The highest BCUT2D eigenvalue weighted by molar-refractivity contribution is 6.34. The van der Waals surface area contributed by atoms with E-state index in [2.05, 4.69) is 0 Å². The lowest BCUT2D eigenvalue weighted by Gasteiger charge is -2.22. The fourth-order valence-corrected chi connectivity index (χ4v) is 3.32. The molecule has 0 fully saturated rings. The van der Waals surface area contributed by atoms with Crippen molar-refractivity contribution >= 4 is 28.9 Å². The fourth-order valence-electron chi connectivity index (χ4n) is 3.15. The molecule has 0 amide bonds. The van der Waals surface area contributed by atoms with Gasteiger partial charge in [-0.05, 0) is 23.8 Å². The van der Waals surface area contributed by atoms with E-state index < -0.39 is 11.6 Å². The van der Waals surface area contributed by atoms with Crippen LogP contribution in [-0.4, -0.2) is 16.7 Å².